The van der Waals surface area contributed by atoms with Gasteiger partial charge in [0.2, 0.25) is 0 Å². The topological polar surface area (TPSA) is 61.8 Å². The van der Waals surface area contributed by atoms with Gasteiger partial charge in [-0.05, 0) is 29.8 Å². The van der Waals surface area contributed by atoms with Crippen LogP contribution in [-0.4, -0.2) is 32.8 Å². The van der Waals surface area contributed by atoms with Crippen LogP contribution in [0.3, 0.4) is 0 Å². The third-order valence-corrected chi connectivity index (χ3v) is 4.67. The van der Waals surface area contributed by atoms with E-state index in [1.54, 1.807) is 48.5 Å². The van der Waals surface area contributed by atoms with Gasteiger partial charge in [-0.25, -0.2) is 4.79 Å². The fraction of sp³-hybridized carbons (Fsp3) is 0.273. The molecule has 2 aromatic rings. The number of aldehydes is 1. The molecule has 0 heterocycles. The molecule has 0 unspecified atom stereocenters. The Morgan fingerprint density at radius 2 is 1.68 bits per heavy atom. The Labute approximate surface area is 169 Å². The van der Waals surface area contributed by atoms with Crippen molar-refractivity contribution in [3.8, 4) is 5.75 Å². The van der Waals surface area contributed by atoms with Crippen molar-refractivity contribution in [2.45, 2.75) is 18.6 Å². The number of halogens is 1. The predicted molar refractivity (Wildman–Crippen MR) is 107 cm³/mol. The van der Waals surface area contributed by atoms with Gasteiger partial charge in [-0.15, -0.1) is 0 Å². The van der Waals surface area contributed by atoms with Gasteiger partial charge in [0.15, 0.2) is 6.29 Å². The van der Waals surface area contributed by atoms with Gasteiger partial charge in [-0.3, -0.25) is 0 Å². The Morgan fingerprint density at radius 1 is 1.07 bits per heavy atom. The molecule has 0 aliphatic carbocycles. The Bertz CT molecular complexity index is 784. The van der Waals surface area contributed by atoms with Crippen LogP contribution in [0.1, 0.15) is 17.9 Å². The number of carbonyl (C=O) groups is 2. The summed E-state index contributed by atoms with van der Waals surface area (Å²) in [4.78, 5) is 24.6. The van der Waals surface area contributed by atoms with Crippen molar-refractivity contribution in [3.05, 3.63) is 77.3 Å². The fourth-order valence-corrected chi connectivity index (χ4v) is 3.07. The summed E-state index contributed by atoms with van der Waals surface area (Å²) in [5.41, 5.74) is 0.886. The van der Waals surface area contributed by atoms with Crippen molar-refractivity contribution < 1.29 is 23.8 Å². The molecule has 0 N–H and O–H groups in total. The van der Waals surface area contributed by atoms with Gasteiger partial charge in [0.05, 0.1) is 0 Å². The van der Waals surface area contributed by atoms with Gasteiger partial charge in [-0.1, -0.05) is 48.5 Å². The number of rotatable bonds is 10. The zero-order valence-electron chi connectivity index (χ0n) is 15.8. The normalized spacial score (nSPS) is 13.0. The number of hydrogen-bond acceptors (Lipinski definition) is 5. The van der Waals surface area contributed by atoms with E-state index in [2.05, 4.69) is 6.58 Å². The SMILES string of the molecule is C=C(C(=O)Oc1ccccc1)[C@H](c1ccc(Cl)cc1)[C@H](C=O)CC(OC)OC. The van der Waals surface area contributed by atoms with Gasteiger partial charge >= 0.3 is 5.97 Å². The second-order valence-electron chi connectivity index (χ2n) is 6.19. The van der Waals surface area contributed by atoms with Crippen molar-refractivity contribution in [3.63, 3.8) is 0 Å². The van der Waals surface area contributed by atoms with Crippen molar-refractivity contribution in [2.24, 2.45) is 5.92 Å². The maximum atomic E-state index is 12.7. The van der Waals surface area contributed by atoms with Crippen molar-refractivity contribution in [1.82, 2.24) is 0 Å². The molecule has 0 aromatic heterocycles. The quantitative estimate of drug-likeness (QED) is 0.194. The molecule has 0 saturated heterocycles. The van der Waals surface area contributed by atoms with Gasteiger partial charge in [0, 0.05) is 43.1 Å². The summed E-state index contributed by atoms with van der Waals surface area (Å²) >= 11 is 5.98. The molecule has 2 atom stereocenters. The maximum Gasteiger partial charge on any atom is 0.339 e. The first-order valence-corrected chi connectivity index (χ1v) is 9.10. The average molecular weight is 403 g/mol. The van der Waals surface area contributed by atoms with Crippen LogP contribution in [0.5, 0.6) is 5.75 Å². The molecule has 148 valence electrons. The van der Waals surface area contributed by atoms with Gasteiger partial charge in [0.25, 0.3) is 0 Å². The highest BCUT2D eigenvalue weighted by Gasteiger charge is 2.32. The zero-order valence-corrected chi connectivity index (χ0v) is 16.6. The summed E-state index contributed by atoms with van der Waals surface area (Å²) in [6, 6.07) is 15.6. The molecule has 0 spiro atoms. The van der Waals surface area contributed by atoms with Crippen LogP contribution in [0, 0.1) is 5.92 Å². The van der Waals surface area contributed by atoms with Crippen LogP contribution in [0.2, 0.25) is 5.02 Å². The number of hydrogen-bond donors (Lipinski definition) is 0. The van der Waals surface area contributed by atoms with E-state index in [1.807, 2.05) is 6.07 Å². The molecule has 0 saturated carbocycles. The summed E-state index contributed by atoms with van der Waals surface area (Å²) in [5, 5.41) is 0.550. The summed E-state index contributed by atoms with van der Waals surface area (Å²) in [7, 11) is 2.98. The molecule has 0 aliphatic heterocycles. The smallest absolute Gasteiger partial charge is 0.339 e. The van der Waals surface area contributed by atoms with Crippen LogP contribution in [-0.2, 0) is 19.1 Å². The first kappa shape index (κ1) is 21.8. The molecular weight excluding hydrogens is 380 g/mol. The first-order valence-electron chi connectivity index (χ1n) is 8.72. The Kier molecular flexibility index (Phi) is 8.39. The standard InChI is InChI=1S/C22H23ClO5/c1-15(22(25)28-19-7-5-4-6-8-19)21(16-9-11-18(23)12-10-16)17(14-24)13-20(26-2)27-3/h4-12,14,17,20-21H,1,13H2,2-3H3/t17-,21+/m0/s1. The molecule has 2 aromatic carbocycles. The summed E-state index contributed by atoms with van der Waals surface area (Å²) in [6.07, 6.45) is 0.440. The number of esters is 1. The lowest BCUT2D eigenvalue weighted by molar-refractivity contribution is -0.132. The van der Waals surface area contributed by atoms with Crippen LogP contribution >= 0.6 is 11.6 Å². The minimum atomic E-state index is -0.612. The number of benzene rings is 2. The van der Waals surface area contributed by atoms with Crippen LogP contribution in [0.15, 0.2) is 66.7 Å². The number of ether oxygens (including phenoxy) is 3. The Hall–Kier alpha value is -2.47. The van der Waals surface area contributed by atoms with Gasteiger partial charge in [0.1, 0.15) is 12.0 Å². The van der Waals surface area contributed by atoms with Crippen molar-refractivity contribution >= 4 is 23.9 Å². The molecule has 2 rings (SSSR count). The van der Waals surface area contributed by atoms with E-state index in [9.17, 15) is 9.59 Å². The van der Waals surface area contributed by atoms with E-state index in [0.717, 1.165) is 11.8 Å². The number of carbonyl (C=O) groups excluding carboxylic acids is 2. The van der Waals surface area contributed by atoms with E-state index >= 15 is 0 Å². The van der Waals surface area contributed by atoms with E-state index < -0.39 is 24.1 Å². The van der Waals surface area contributed by atoms with E-state index in [0.29, 0.717) is 10.8 Å². The lowest BCUT2D eigenvalue weighted by atomic mass is 9.79. The minimum Gasteiger partial charge on any atom is -0.423 e. The minimum absolute atomic E-state index is 0.161. The highest BCUT2D eigenvalue weighted by molar-refractivity contribution is 6.30. The Morgan fingerprint density at radius 3 is 2.21 bits per heavy atom. The van der Waals surface area contributed by atoms with Crippen LogP contribution in [0.25, 0.3) is 0 Å². The molecule has 0 amide bonds. The molecular formula is C22H23ClO5. The van der Waals surface area contributed by atoms with E-state index in [1.165, 1.54) is 14.2 Å². The summed E-state index contributed by atoms with van der Waals surface area (Å²) in [5.74, 6) is -1.43. The number of para-hydroxylation sites is 1. The lowest BCUT2D eigenvalue weighted by Crippen LogP contribution is -2.28. The molecule has 5 nitrogen and oxygen atoms in total. The van der Waals surface area contributed by atoms with Crippen LogP contribution < -0.4 is 4.74 Å². The van der Waals surface area contributed by atoms with Gasteiger partial charge in [-0.2, -0.15) is 0 Å². The average Bonchev–Trinajstić information content (AvgIpc) is 2.72. The maximum absolute atomic E-state index is 12.7. The molecule has 0 bridgehead atoms. The third-order valence-electron chi connectivity index (χ3n) is 4.41. The van der Waals surface area contributed by atoms with Crippen molar-refractivity contribution in [1.29, 1.82) is 0 Å². The largest absolute Gasteiger partial charge is 0.423 e. The molecule has 0 fully saturated rings. The summed E-state index contributed by atoms with van der Waals surface area (Å²) in [6.45, 7) is 3.93. The third kappa shape index (κ3) is 5.76. The molecule has 28 heavy (non-hydrogen) atoms. The van der Waals surface area contributed by atoms with Gasteiger partial charge < -0.3 is 19.0 Å². The van der Waals surface area contributed by atoms with E-state index in [-0.39, 0.29) is 12.0 Å². The zero-order chi connectivity index (χ0) is 20.5. The Balaban J connectivity index is 2.33. The van der Waals surface area contributed by atoms with Crippen molar-refractivity contribution in [2.75, 3.05) is 14.2 Å². The predicted octanol–water partition coefficient (Wildman–Crippen LogP) is 4.41. The van der Waals surface area contributed by atoms with E-state index in [4.69, 9.17) is 25.8 Å². The second-order valence-corrected chi connectivity index (χ2v) is 6.63. The molecule has 0 radical (unpaired) electrons. The monoisotopic (exact) mass is 402 g/mol. The molecule has 6 heteroatoms. The van der Waals surface area contributed by atoms with Crippen LogP contribution in [0.4, 0.5) is 0 Å². The lowest BCUT2D eigenvalue weighted by Gasteiger charge is -2.27. The fourth-order valence-electron chi connectivity index (χ4n) is 2.95. The highest BCUT2D eigenvalue weighted by atomic mass is 35.5. The number of methoxy groups -OCH3 is 2. The summed E-state index contributed by atoms with van der Waals surface area (Å²) < 4.78 is 15.9. The molecule has 0 aliphatic rings. The first-order chi connectivity index (χ1) is 13.5. The second kappa shape index (κ2) is 10.8. The highest BCUT2D eigenvalue weighted by Crippen LogP contribution is 2.35.